The number of hydrogen-bond acceptors (Lipinski definition) is 4. The Morgan fingerprint density at radius 1 is 1.28 bits per heavy atom. The summed E-state index contributed by atoms with van der Waals surface area (Å²) in [4.78, 5) is 18.4. The highest BCUT2D eigenvalue weighted by Crippen LogP contribution is 2.14. The van der Waals surface area contributed by atoms with E-state index >= 15 is 0 Å². The second-order valence-corrected chi connectivity index (χ2v) is 5.88. The van der Waals surface area contributed by atoms with Gasteiger partial charge in [-0.25, -0.2) is 4.98 Å². The highest BCUT2D eigenvalue weighted by atomic mass is 16.3. The lowest BCUT2D eigenvalue weighted by atomic mass is 10.3. The van der Waals surface area contributed by atoms with Crippen LogP contribution in [0.5, 0.6) is 0 Å². The smallest absolute Gasteiger partial charge is 0.274 e. The minimum absolute atomic E-state index is 0.158. The molecule has 0 radical (unpaired) electrons. The number of imidazole rings is 1. The van der Waals surface area contributed by atoms with E-state index in [4.69, 9.17) is 4.42 Å². The van der Waals surface area contributed by atoms with Crippen LogP contribution in [0.15, 0.2) is 59.5 Å². The maximum Gasteiger partial charge on any atom is 0.274 e. The van der Waals surface area contributed by atoms with Gasteiger partial charge in [-0.3, -0.25) is 9.89 Å². The van der Waals surface area contributed by atoms with E-state index in [1.807, 2.05) is 34.9 Å². The molecule has 7 heteroatoms. The molecule has 1 amide bonds. The molecule has 4 aromatic rings. The Morgan fingerprint density at radius 2 is 2.16 bits per heavy atom. The number of aromatic amines is 1. The molecule has 0 aliphatic rings. The zero-order valence-corrected chi connectivity index (χ0v) is 13.7. The van der Waals surface area contributed by atoms with Gasteiger partial charge in [0.15, 0.2) is 0 Å². The molecule has 0 aliphatic carbocycles. The van der Waals surface area contributed by atoms with E-state index in [-0.39, 0.29) is 5.91 Å². The second kappa shape index (κ2) is 6.27. The van der Waals surface area contributed by atoms with Crippen LogP contribution in [-0.2, 0) is 13.1 Å². The van der Waals surface area contributed by atoms with Gasteiger partial charge in [0.1, 0.15) is 11.5 Å². The van der Waals surface area contributed by atoms with Gasteiger partial charge in [-0.05, 0) is 30.3 Å². The maximum absolute atomic E-state index is 12.5. The number of H-pyrrole nitrogens is 1. The zero-order valence-electron chi connectivity index (χ0n) is 13.7. The molecule has 25 heavy (non-hydrogen) atoms. The quantitative estimate of drug-likeness (QED) is 0.608. The van der Waals surface area contributed by atoms with Crippen molar-refractivity contribution in [1.29, 1.82) is 0 Å². The van der Waals surface area contributed by atoms with Crippen molar-refractivity contribution in [3.05, 3.63) is 72.2 Å². The Bertz CT molecular complexity index is 1000. The molecule has 0 aliphatic heterocycles. The summed E-state index contributed by atoms with van der Waals surface area (Å²) in [5.41, 5.74) is 3.21. The van der Waals surface area contributed by atoms with Crippen molar-refractivity contribution in [1.82, 2.24) is 24.6 Å². The van der Waals surface area contributed by atoms with Gasteiger partial charge in [-0.2, -0.15) is 5.10 Å². The van der Waals surface area contributed by atoms with E-state index in [1.54, 1.807) is 36.7 Å². The minimum Gasteiger partial charge on any atom is -0.467 e. The van der Waals surface area contributed by atoms with Crippen molar-refractivity contribution in [3.8, 4) is 0 Å². The molecule has 1 N–H and O–H groups in total. The molecule has 0 unspecified atom stereocenters. The Kier molecular flexibility index (Phi) is 3.81. The number of aromatic nitrogens is 4. The third kappa shape index (κ3) is 3.03. The molecule has 0 atom stereocenters. The van der Waals surface area contributed by atoms with E-state index in [0.717, 1.165) is 22.5 Å². The first-order valence-electron chi connectivity index (χ1n) is 7.93. The number of nitrogens with zero attached hydrogens (tertiary/aromatic N) is 4. The van der Waals surface area contributed by atoms with E-state index in [0.29, 0.717) is 18.8 Å². The van der Waals surface area contributed by atoms with Crippen molar-refractivity contribution in [3.63, 3.8) is 0 Å². The summed E-state index contributed by atoms with van der Waals surface area (Å²) in [6.45, 7) is 0.975. The average molecular weight is 335 g/mol. The normalized spacial score (nSPS) is 11.1. The van der Waals surface area contributed by atoms with Crippen molar-refractivity contribution in [2.75, 3.05) is 7.05 Å². The number of carbonyl (C=O) groups excluding carboxylic acids is 1. The lowest BCUT2D eigenvalue weighted by Gasteiger charge is -2.13. The van der Waals surface area contributed by atoms with Crippen LogP contribution in [-0.4, -0.2) is 37.6 Å². The lowest BCUT2D eigenvalue weighted by Crippen LogP contribution is -2.26. The third-order valence-electron chi connectivity index (χ3n) is 4.04. The number of para-hydroxylation sites is 2. The molecule has 3 heterocycles. The predicted octanol–water partition coefficient (Wildman–Crippen LogP) is 2.67. The highest BCUT2D eigenvalue weighted by Gasteiger charge is 2.17. The maximum atomic E-state index is 12.5. The van der Waals surface area contributed by atoms with Crippen LogP contribution >= 0.6 is 0 Å². The van der Waals surface area contributed by atoms with Gasteiger partial charge in [-0.1, -0.05) is 12.1 Å². The summed E-state index contributed by atoms with van der Waals surface area (Å²) in [6, 6.07) is 13.3. The topological polar surface area (TPSA) is 80.0 Å². The SMILES string of the molecule is CN(Cc1ccco1)C(=O)c1cc(Cn2cnc3ccccc32)[nH]n1. The molecular weight excluding hydrogens is 318 g/mol. The molecule has 126 valence electrons. The van der Waals surface area contributed by atoms with E-state index in [1.165, 1.54) is 0 Å². The number of hydrogen-bond donors (Lipinski definition) is 1. The summed E-state index contributed by atoms with van der Waals surface area (Å²) >= 11 is 0. The van der Waals surface area contributed by atoms with Gasteiger partial charge in [-0.15, -0.1) is 0 Å². The van der Waals surface area contributed by atoms with Crippen molar-refractivity contribution in [2.45, 2.75) is 13.1 Å². The van der Waals surface area contributed by atoms with Crippen LogP contribution in [0.1, 0.15) is 21.9 Å². The van der Waals surface area contributed by atoms with Crippen LogP contribution in [0.3, 0.4) is 0 Å². The molecule has 0 spiro atoms. The molecule has 1 aromatic carbocycles. The Hall–Kier alpha value is -3.35. The molecule has 7 nitrogen and oxygen atoms in total. The van der Waals surface area contributed by atoms with Crippen LogP contribution in [0, 0.1) is 0 Å². The molecule has 0 saturated heterocycles. The van der Waals surface area contributed by atoms with E-state index in [2.05, 4.69) is 15.2 Å². The minimum atomic E-state index is -0.158. The van der Waals surface area contributed by atoms with Gasteiger partial charge < -0.3 is 13.9 Å². The number of amides is 1. The van der Waals surface area contributed by atoms with Crippen LogP contribution in [0.4, 0.5) is 0 Å². The van der Waals surface area contributed by atoms with Gasteiger partial charge in [0.2, 0.25) is 0 Å². The molecule has 3 aromatic heterocycles. The van der Waals surface area contributed by atoms with Crippen LogP contribution in [0.25, 0.3) is 11.0 Å². The monoisotopic (exact) mass is 335 g/mol. The molecule has 0 fully saturated rings. The summed E-state index contributed by atoms with van der Waals surface area (Å²) in [7, 11) is 1.72. The first kappa shape index (κ1) is 15.2. The van der Waals surface area contributed by atoms with E-state index < -0.39 is 0 Å². The first-order chi connectivity index (χ1) is 12.2. The second-order valence-electron chi connectivity index (χ2n) is 5.88. The number of carbonyl (C=O) groups is 1. The third-order valence-corrected chi connectivity index (χ3v) is 4.04. The first-order valence-corrected chi connectivity index (χ1v) is 7.93. The number of furan rings is 1. The fourth-order valence-corrected chi connectivity index (χ4v) is 2.78. The highest BCUT2D eigenvalue weighted by molar-refractivity contribution is 5.92. The van der Waals surface area contributed by atoms with Crippen LogP contribution < -0.4 is 0 Å². The van der Waals surface area contributed by atoms with Gasteiger partial charge >= 0.3 is 0 Å². The fourth-order valence-electron chi connectivity index (χ4n) is 2.78. The molecular formula is C18H17N5O2. The van der Waals surface area contributed by atoms with E-state index in [9.17, 15) is 4.79 Å². The number of rotatable bonds is 5. The Labute approximate surface area is 143 Å². The van der Waals surface area contributed by atoms with Crippen LogP contribution in [0.2, 0.25) is 0 Å². The largest absolute Gasteiger partial charge is 0.467 e. The number of nitrogens with one attached hydrogen (secondary N) is 1. The summed E-state index contributed by atoms with van der Waals surface area (Å²) in [5, 5.41) is 7.08. The van der Waals surface area contributed by atoms with Crippen molar-refractivity contribution >= 4 is 16.9 Å². The van der Waals surface area contributed by atoms with Gasteiger partial charge in [0.25, 0.3) is 5.91 Å². The standard InChI is InChI=1S/C18H17N5O2/c1-22(11-14-5-4-8-25-14)18(24)16-9-13(20-21-16)10-23-12-19-15-6-2-3-7-17(15)23/h2-9,12H,10-11H2,1H3,(H,20,21). The average Bonchev–Trinajstić information content (AvgIpc) is 3.36. The Morgan fingerprint density at radius 3 is 3.00 bits per heavy atom. The summed E-state index contributed by atoms with van der Waals surface area (Å²) in [6.07, 6.45) is 3.38. The summed E-state index contributed by atoms with van der Waals surface area (Å²) < 4.78 is 7.29. The zero-order chi connectivity index (χ0) is 17.2. The van der Waals surface area contributed by atoms with Gasteiger partial charge in [0.05, 0.1) is 42.4 Å². The number of benzene rings is 1. The fraction of sp³-hybridized carbons (Fsp3) is 0.167. The predicted molar refractivity (Wildman–Crippen MR) is 91.9 cm³/mol. The molecule has 0 saturated carbocycles. The van der Waals surface area contributed by atoms with Crippen molar-refractivity contribution < 1.29 is 9.21 Å². The molecule has 0 bridgehead atoms. The number of fused-ring (bicyclic) bond motifs is 1. The van der Waals surface area contributed by atoms with Crippen molar-refractivity contribution in [2.24, 2.45) is 0 Å². The Balaban J connectivity index is 1.49. The molecule has 4 rings (SSSR count). The summed E-state index contributed by atoms with van der Waals surface area (Å²) in [5.74, 6) is 0.575. The van der Waals surface area contributed by atoms with Gasteiger partial charge in [0, 0.05) is 7.05 Å². The lowest BCUT2D eigenvalue weighted by molar-refractivity contribution is 0.0769.